The Hall–Kier alpha value is -1.23. The summed E-state index contributed by atoms with van der Waals surface area (Å²) in [5.41, 5.74) is 5.69. The van der Waals surface area contributed by atoms with Gasteiger partial charge in [-0.15, -0.1) is 0 Å². The van der Waals surface area contributed by atoms with Crippen LogP contribution in [-0.2, 0) is 0 Å². The van der Waals surface area contributed by atoms with Crippen LogP contribution in [0, 0.1) is 0 Å². The van der Waals surface area contributed by atoms with Gasteiger partial charge in [-0.05, 0) is 13.1 Å². The zero-order valence-corrected chi connectivity index (χ0v) is 8.53. The van der Waals surface area contributed by atoms with Gasteiger partial charge in [-0.2, -0.15) is 0 Å². The maximum Gasteiger partial charge on any atom is 0.199 e. The molecule has 5 heteroatoms. The van der Waals surface area contributed by atoms with E-state index >= 15 is 0 Å². The number of nitrogens with one attached hydrogen (secondary N) is 1. The van der Waals surface area contributed by atoms with Crippen LogP contribution in [-0.4, -0.2) is 55.5 Å². The minimum absolute atomic E-state index is 0.695. The average Bonchev–Trinajstić information content (AvgIpc) is 2.19. The first-order valence-corrected chi connectivity index (χ1v) is 4.96. The van der Waals surface area contributed by atoms with E-state index in [4.69, 9.17) is 5.73 Å². The third-order valence-corrected chi connectivity index (χ3v) is 2.61. The van der Waals surface area contributed by atoms with E-state index in [1.165, 1.54) is 0 Å². The Bertz CT molecular complexity index is 262. The van der Waals surface area contributed by atoms with Gasteiger partial charge >= 0.3 is 0 Å². The lowest BCUT2D eigenvalue weighted by Crippen LogP contribution is -2.52. The Kier molecular flexibility index (Phi) is 2.58. The minimum atomic E-state index is 0.695. The predicted octanol–water partition coefficient (Wildman–Crippen LogP) is -1.01. The number of hydrogen-bond acceptors (Lipinski definition) is 5. The summed E-state index contributed by atoms with van der Waals surface area (Å²) >= 11 is 0. The quantitative estimate of drug-likeness (QED) is 0.520. The largest absolute Gasteiger partial charge is 0.385 e. The smallest absolute Gasteiger partial charge is 0.199 e. The van der Waals surface area contributed by atoms with Crippen LogP contribution in [0.5, 0.6) is 0 Å². The topological polar surface area (TPSA) is 56.9 Å². The summed E-state index contributed by atoms with van der Waals surface area (Å²) in [6, 6.07) is 0. The molecule has 0 aromatic heterocycles. The first kappa shape index (κ1) is 9.33. The van der Waals surface area contributed by atoms with Crippen LogP contribution < -0.4 is 11.1 Å². The summed E-state index contributed by atoms with van der Waals surface area (Å²) in [4.78, 5) is 8.95. The number of rotatable bonds is 0. The molecule has 2 rings (SSSR count). The van der Waals surface area contributed by atoms with Crippen molar-refractivity contribution < 1.29 is 0 Å². The molecule has 0 aromatic rings. The number of aliphatic imine (C=N–C) groups is 1. The molecule has 2 aliphatic rings. The molecular formula is C9H17N5. The fourth-order valence-corrected chi connectivity index (χ4v) is 1.65. The highest BCUT2D eigenvalue weighted by Crippen LogP contribution is 2.02. The molecular weight excluding hydrogens is 178 g/mol. The van der Waals surface area contributed by atoms with Gasteiger partial charge in [0.05, 0.1) is 6.54 Å². The predicted molar refractivity (Wildman–Crippen MR) is 56.8 cm³/mol. The number of hydrogen-bond donors (Lipinski definition) is 2. The molecule has 0 amide bonds. The maximum atomic E-state index is 5.69. The molecule has 0 atom stereocenters. The van der Waals surface area contributed by atoms with E-state index < -0.39 is 0 Å². The van der Waals surface area contributed by atoms with Crippen molar-refractivity contribution in [3.05, 3.63) is 11.9 Å². The number of nitrogens with two attached hydrogens (primary N) is 1. The molecule has 1 fully saturated rings. The minimum Gasteiger partial charge on any atom is -0.385 e. The van der Waals surface area contributed by atoms with E-state index in [-0.39, 0.29) is 0 Å². The fourth-order valence-electron chi connectivity index (χ4n) is 1.65. The Morgan fingerprint density at radius 2 is 2.07 bits per heavy atom. The highest BCUT2D eigenvalue weighted by atomic mass is 15.4. The van der Waals surface area contributed by atoms with Gasteiger partial charge < -0.3 is 20.9 Å². The van der Waals surface area contributed by atoms with Crippen LogP contribution >= 0.6 is 0 Å². The molecule has 0 aromatic carbocycles. The molecule has 14 heavy (non-hydrogen) atoms. The standard InChI is InChI=1S/C9H17N5/c1-13-4-6-14(7-5-13)9-11-3-2-8(10)12-9/h2H,3-7,10H2,1H3,(H,11,12). The summed E-state index contributed by atoms with van der Waals surface area (Å²) in [5, 5.41) is 3.10. The van der Waals surface area contributed by atoms with E-state index in [9.17, 15) is 0 Å². The van der Waals surface area contributed by atoms with Gasteiger partial charge in [0.1, 0.15) is 5.82 Å². The molecule has 0 unspecified atom stereocenters. The second kappa shape index (κ2) is 3.88. The first-order chi connectivity index (χ1) is 6.75. The number of likely N-dealkylation sites (N-methyl/N-ethyl adjacent to an activating group) is 1. The fraction of sp³-hybridized carbons (Fsp3) is 0.667. The maximum absolute atomic E-state index is 5.69. The van der Waals surface area contributed by atoms with E-state index in [0.717, 1.165) is 32.1 Å². The molecule has 5 nitrogen and oxygen atoms in total. The van der Waals surface area contributed by atoms with E-state index in [2.05, 4.69) is 27.2 Å². The van der Waals surface area contributed by atoms with Crippen molar-refractivity contribution in [1.82, 2.24) is 15.1 Å². The molecule has 0 spiro atoms. The van der Waals surface area contributed by atoms with Crippen molar-refractivity contribution in [2.24, 2.45) is 10.7 Å². The van der Waals surface area contributed by atoms with Crippen molar-refractivity contribution in [1.29, 1.82) is 0 Å². The highest BCUT2D eigenvalue weighted by Gasteiger charge is 2.18. The van der Waals surface area contributed by atoms with Gasteiger partial charge in [-0.3, -0.25) is 0 Å². The zero-order valence-electron chi connectivity index (χ0n) is 8.53. The SMILES string of the molecule is CN1CCN(C2=NCC=C(N)N2)CC1. The summed E-state index contributed by atoms with van der Waals surface area (Å²) in [7, 11) is 2.14. The Morgan fingerprint density at radius 1 is 1.36 bits per heavy atom. The molecule has 0 bridgehead atoms. The van der Waals surface area contributed by atoms with E-state index in [1.807, 2.05) is 6.08 Å². The summed E-state index contributed by atoms with van der Waals surface area (Å²) in [6.45, 7) is 4.92. The van der Waals surface area contributed by atoms with Crippen molar-refractivity contribution in [2.75, 3.05) is 39.8 Å². The van der Waals surface area contributed by atoms with Gasteiger partial charge in [0.15, 0.2) is 5.96 Å². The Morgan fingerprint density at radius 3 is 2.71 bits per heavy atom. The molecule has 0 saturated carbocycles. The third-order valence-electron chi connectivity index (χ3n) is 2.61. The molecule has 2 aliphatic heterocycles. The van der Waals surface area contributed by atoms with Gasteiger partial charge in [0, 0.05) is 26.2 Å². The monoisotopic (exact) mass is 195 g/mol. The first-order valence-electron chi connectivity index (χ1n) is 4.96. The Balaban J connectivity index is 1.93. The average molecular weight is 195 g/mol. The van der Waals surface area contributed by atoms with Crippen LogP contribution in [0.4, 0.5) is 0 Å². The van der Waals surface area contributed by atoms with Crippen molar-refractivity contribution >= 4 is 5.96 Å². The highest BCUT2D eigenvalue weighted by molar-refractivity contribution is 5.82. The molecule has 3 N–H and O–H groups in total. The lowest BCUT2D eigenvalue weighted by Gasteiger charge is -2.35. The second-order valence-electron chi connectivity index (χ2n) is 3.74. The Labute approximate surface area is 84.3 Å². The van der Waals surface area contributed by atoms with Crippen LogP contribution in [0.2, 0.25) is 0 Å². The van der Waals surface area contributed by atoms with E-state index in [0.29, 0.717) is 12.4 Å². The lowest BCUT2D eigenvalue weighted by atomic mass is 10.3. The molecule has 0 aliphatic carbocycles. The van der Waals surface area contributed by atoms with Gasteiger partial charge in [0.2, 0.25) is 0 Å². The zero-order chi connectivity index (χ0) is 9.97. The second-order valence-corrected chi connectivity index (χ2v) is 3.74. The molecule has 0 radical (unpaired) electrons. The van der Waals surface area contributed by atoms with Gasteiger partial charge in [0.25, 0.3) is 0 Å². The van der Waals surface area contributed by atoms with Crippen LogP contribution in [0.3, 0.4) is 0 Å². The van der Waals surface area contributed by atoms with Gasteiger partial charge in [-0.1, -0.05) is 0 Å². The number of piperazine rings is 1. The number of guanidine groups is 1. The summed E-state index contributed by atoms with van der Waals surface area (Å²) in [5.74, 6) is 1.65. The van der Waals surface area contributed by atoms with Crippen molar-refractivity contribution in [3.8, 4) is 0 Å². The number of nitrogens with zero attached hydrogens (tertiary/aromatic N) is 3. The van der Waals surface area contributed by atoms with Crippen LogP contribution in [0.25, 0.3) is 0 Å². The summed E-state index contributed by atoms with van der Waals surface area (Å²) < 4.78 is 0. The van der Waals surface area contributed by atoms with Crippen LogP contribution in [0.15, 0.2) is 16.9 Å². The van der Waals surface area contributed by atoms with E-state index in [1.54, 1.807) is 0 Å². The van der Waals surface area contributed by atoms with Crippen LogP contribution in [0.1, 0.15) is 0 Å². The molecule has 78 valence electrons. The van der Waals surface area contributed by atoms with Crippen molar-refractivity contribution in [2.45, 2.75) is 0 Å². The molecule has 1 saturated heterocycles. The lowest BCUT2D eigenvalue weighted by molar-refractivity contribution is 0.211. The normalized spacial score (nSPS) is 23.9. The molecule has 2 heterocycles. The third kappa shape index (κ3) is 1.98. The van der Waals surface area contributed by atoms with Crippen molar-refractivity contribution in [3.63, 3.8) is 0 Å². The van der Waals surface area contributed by atoms with Gasteiger partial charge in [-0.25, -0.2) is 4.99 Å². The summed E-state index contributed by atoms with van der Waals surface area (Å²) in [6.07, 6.45) is 1.89.